The summed E-state index contributed by atoms with van der Waals surface area (Å²) in [4.78, 5) is 24.9. The molecule has 1 aromatic heterocycles. The number of carbonyl (C=O) groups is 2. The zero-order valence-corrected chi connectivity index (χ0v) is 12.2. The number of aryl methyl sites for hydroxylation is 1. The van der Waals surface area contributed by atoms with Gasteiger partial charge >= 0.3 is 5.97 Å². The summed E-state index contributed by atoms with van der Waals surface area (Å²) in [7, 11) is 0. The monoisotopic (exact) mass is 279 g/mol. The highest BCUT2D eigenvalue weighted by molar-refractivity contribution is 5.77. The molecular weight excluding hydrogens is 258 g/mol. The topological polar surface area (TPSA) is 75.4 Å². The van der Waals surface area contributed by atoms with E-state index in [1.807, 2.05) is 20.8 Å². The Hall–Kier alpha value is -1.85. The predicted octanol–water partition coefficient (Wildman–Crippen LogP) is 1.13. The van der Waals surface area contributed by atoms with Gasteiger partial charge in [-0.05, 0) is 39.2 Å². The molecule has 0 saturated carbocycles. The molecule has 1 amide bonds. The van der Waals surface area contributed by atoms with E-state index < -0.39 is 5.97 Å². The predicted molar refractivity (Wildman–Crippen MR) is 73.4 cm³/mol. The number of carbonyl (C=O) groups excluding carboxylic acids is 1. The Morgan fingerprint density at radius 2 is 1.85 bits per heavy atom. The van der Waals surface area contributed by atoms with Gasteiger partial charge in [-0.15, -0.1) is 0 Å². The van der Waals surface area contributed by atoms with Crippen LogP contribution in [0, 0.1) is 26.7 Å². The number of hydrogen-bond donors (Lipinski definition) is 1. The second-order valence-corrected chi connectivity index (χ2v) is 5.45. The molecule has 1 N–H and O–H groups in total. The molecule has 0 aromatic carbocycles. The van der Waals surface area contributed by atoms with Gasteiger partial charge in [0.1, 0.15) is 6.54 Å². The summed E-state index contributed by atoms with van der Waals surface area (Å²) in [5.41, 5.74) is 3.07. The molecule has 6 heteroatoms. The molecule has 1 fully saturated rings. The fraction of sp³-hybridized carbons (Fsp3) is 0.643. The first-order chi connectivity index (χ1) is 9.40. The third kappa shape index (κ3) is 2.84. The lowest BCUT2D eigenvalue weighted by Gasteiger charge is -2.30. The van der Waals surface area contributed by atoms with Crippen LogP contribution in [0.2, 0.25) is 0 Å². The van der Waals surface area contributed by atoms with Gasteiger partial charge < -0.3 is 10.0 Å². The zero-order chi connectivity index (χ0) is 14.9. The number of nitrogens with zero attached hydrogens (tertiary/aromatic N) is 3. The van der Waals surface area contributed by atoms with E-state index in [0.29, 0.717) is 25.9 Å². The van der Waals surface area contributed by atoms with Crippen molar-refractivity contribution in [3.63, 3.8) is 0 Å². The molecule has 1 saturated heterocycles. The molecule has 0 spiro atoms. The van der Waals surface area contributed by atoms with Gasteiger partial charge in [0, 0.05) is 18.8 Å². The van der Waals surface area contributed by atoms with Gasteiger partial charge in [-0.3, -0.25) is 14.3 Å². The smallest absolute Gasteiger partial charge is 0.306 e. The van der Waals surface area contributed by atoms with Crippen molar-refractivity contribution in [2.75, 3.05) is 13.1 Å². The number of amides is 1. The van der Waals surface area contributed by atoms with Crippen molar-refractivity contribution < 1.29 is 14.7 Å². The Labute approximate surface area is 118 Å². The van der Waals surface area contributed by atoms with Crippen molar-refractivity contribution in [1.82, 2.24) is 14.7 Å². The normalized spacial score (nSPS) is 16.4. The van der Waals surface area contributed by atoms with E-state index in [2.05, 4.69) is 5.10 Å². The van der Waals surface area contributed by atoms with Gasteiger partial charge in [0.05, 0.1) is 11.6 Å². The quantitative estimate of drug-likeness (QED) is 0.900. The van der Waals surface area contributed by atoms with Gasteiger partial charge in [-0.1, -0.05) is 0 Å². The van der Waals surface area contributed by atoms with Crippen LogP contribution in [0.25, 0.3) is 0 Å². The lowest BCUT2D eigenvalue weighted by atomic mass is 9.97. The molecule has 1 aliphatic rings. The Bertz CT molecular complexity index is 528. The van der Waals surface area contributed by atoms with Crippen LogP contribution in [0.1, 0.15) is 29.8 Å². The van der Waals surface area contributed by atoms with E-state index in [-0.39, 0.29) is 18.4 Å². The van der Waals surface area contributed by atoms with Crippen molar-refractivity contribution in [3.8, 4) is 0 Å². The number of aliphatic carboxylic acids is 1. The third-order valence-electron chi connectivity index (χ3n) is 4.23. The molecule has 20 heavy (non-hydrogen) atoms. The van der Waals surface area contributed by atoms with Gasteiger partial charge in [0.2, 0.25) is 5.91 Å². The van der Waals surface area contributed by atoms with Crippen molar-refractivity contribution in [1.29, 1.82) is 0 Å². The molecule has 2 rings (SSSR count). The Morgan fingerprint density at radius 1 is 1.25 bits per heavy atom. The summed E-state index contributed by atoms with van der Waals surface area (Å²) in [6, 6.07) is 0. The van der Waals surface area contributed by atoms with Crippen molar-refractivity contribution in [3.05, 3.63) is 17.0 Å². The standard InChI is InChI=1S/C14H21N3O3/c1-9-10(2)15-17(11(9)3)8-13(18)16-6-4-12(5-7-16)14(19)20/h12H,4-8H2,1-3H3,(H,19,20). The summed E-state index contributed by atoms with van der Waals surface area (Å²) < 4.78 is 1.73. The van der Waals surface area contributed by atoms with Gasteiger partial charge in [0.25, 0.3) is 0 Å². The van der Waals surface area contributed by atoms with E-state index in [0.717, 1.165) is 17.0 Å². The number of aromatic nitrogens is 2. The van der Waals surface area contributed by atoms with Crippen LogP contribution in [-0.4, -0.2) is 44.8 Å². The summed E-state index contributed by atoms with van der Waals surface area (Å²) in [5.74, 6) is -1.05. The molecule has 1 aliphatic heterocycles. The number of rotatable bonds is 3. The zero-order valence-electron chi connectivity index (χ0n) is 12.2. The van der Waals surface area contributed by atoms with Crippen molar-refractivity contribution in [2.45, 2.75) is 40.2 Å². The van der Waals surface area contributed by atoms with Gasteiger partial charge in [-0.2, -0.15) is 5.10 Å². The summed E-state index contributed by atoms with van der Waals surface area (Å²) in [6.07, 6.45) is 1.08. The molecular formula is C14H21N3O3. The number of likely N-dealkylation sites (tertiary alicyclic amines) is 1. The second kappa shape index (κ2) is 5.64. The van der Waals surface area contributed by atoms with Crippen LogP contribution in [-0.2, 0) is 16.1 Å². The molecule has 0 aliphatic carbocycles. The number of carboxylic acid groups (broad SMARTS) is 1. The fourth-order valence-corrected chi connectivity index (χ4v) is 2.54. The largest absolute Gasteiger partial charge is 0.481 e. The molecule has 110 valence electrons. The molecule has 0 bridgehead atoms. The van der Waals surface area contributed by atoms with Crippen LogP contribution in [0.3, 0.4) is 0 Å². The first-order valence-electron chi connectivity index (χ1n) is 6.91. The second-order valence-electron chi connectivity index (χ2n) is 5.45. The van der Waals surface area contributed by atoms with E-state index in [1.54, 1.807) is 9.58 Å². The van der Waals surface area contributed by atoms with Gasteiger partial charge in [-0.25, -0.2) is 0 Å². The maximum atomic E-state index is 12.2. The van der Waals surface area contributed by atoms with E-state index in [9.17, 15) is 9.59 Å². The lowest BCUT2D eigenvalue weighted by Crippen LogP contribution is -2.42. The van der Waals surface area contributed by atoms with Crippen LogP contribution in [0.15, 0.2) is 0 Å². The van der Waals surface area contributed by atoms with Crippen molar-refractivity contribution in [2.24, 2.45) is 5.92 Å². The maximum absolute atomic E-state index is 12.2. The molecule has 0 radical (unpaired) electrons. The average Bonchev–Trinajstić information content (AvgIpc) is 2.66. The minimum Gasteiger partial charge on any atom is -0.481 e. The summed E-state index contributed by atoms with van der Waals surface area (Å²) >= 11 is 0. The molecule has 1 aromatic rings. The highest BCUT2D eigenvalue weighted by Crippen LogP contribution is 2.18. The molecule has 0 unspecified atom stereocenters. The first kappa shape index (κ1) is 14.6. The fourth-order valence-electron chi connectivity index (χ4n) is 2.54. The highest BCUT2D eigenvalue weighted by Gasteiger charge is 2.27. The van der Waals surface area contributed by atoms with Crippen LogP contribution >= 0.6 is 0 Å². The van der Waals surface area contributed by atoms with E-state index >= 15 is 0 Å². The van der Waals surface area contributed by atoms with E-state index in [4.69, 9.17) is 5.11 Å². The SMILES string of the molecule is Cc1nn(CC(=O)N2CCC(C(=O)O)CC2)c(C)c1C. The minimum atomic E-state index is -0.758. The average molecular weight is 279 g/mol. The molecule has 2 heterocycles. The van der Waals surface area contributed by atoms with Crippen LogP contribution in [0.4, 0.5) is 0 Å². The number of carboxylic acids is 1. The lowest BCUT2D eigenvalue weighted by molar-refractivity contribution is -0.145. The van der Waals surface area contributed by atoms with Crippen LogP contribution < -0.4 is 0 Å². The number of hydrogen-bond acceptors (Lipinski definition) is 3. The van der Waals surface area contributed by atoms with Crippen molar-refractivity contribution >= 4 is 11.9 Å². The van der Waals surface area contributed by atoms with Crippen LogP contribution in [0.5, 0.6) is 0 Å². The highest BCUT2D eigenvalue weighted by atomic mass is 16.4. The number of piperidine rings is 1. The Morgan fingerprint density at radius 3 is 2.30 bits per heavy atom. The van der Waals surface area contributed by atoms with Gasteiger partial charge in [0.15, 0.2) is 0 Å². The summed E-state index contributed by atoms with van der Waals surface area (Å²) in [6.45, 7) is 7.17. The first-order valence-corrected chi connectivity index (χ1v) is 6.91. The third-order valence-corrected chi connectivity index (χ3v) is 4.23. The molecule has 0 atom stereocenters. The molecule has 6 nitrogen and oxygen atoms in total. The Kier molecular flexibility index (Phi) is 4.11. The minimum absolute atomic E-state index is 0.0134. The van der Waals surface area contributed by atoms with E-state index in [1.165, 1.54) is 0 Å². The summed E-state index contributed by atoms with van der Waals surface area (Å²) in [5, 5.41) is 13.3. The Balaban J connectivity index is 1.96. The maximum Gasteiger partial charge on any atom is 0.306 e.